The molecule has 0 bridgehead atoms. The first-order valence-electron chi connectivity index (χ1n) is 10.8. The highest BCUT2D eigenvalue weighted by atomic mass is 19.1. The molecule has 7 heteroatoms. The number of nitrogens with two attached hydrogens (primary N) is 1. The largest absolute Gasteiger partial charge is 0.419 e. The normalized spacial score (nSPS) is 17.6. The predicted molar refractivity (Wildman–Crippen MR) is 128 cm³/mol. The second-order valence-corrected chi connectivity index (χ2v) is 8.26. The van der Waals surface area contributed by atoms with Crippen molar-refractivity contribution in [3.8, 4) is 5.75 Å². The standard InChI is InChI=1S/C26H26FN3O3/c1-16-13-20(10-11-22(16)27)33-26(32)29-15-17(2)30(18(3)31)24-12-9-19(14-25(24)29)21-7-5-4-6-8-23(21)28/h4-7,9-14,17H,8,15,28H2,1-3H3/t17-/m0/s1. The Kier molecular flexibility index (Phi) is 6.05. The lowest BCUT2D eigenvalue weighted by Crippen LogP contribution is -2.52. The summed E-state index contributed by atoms with van der Waals surface area (Å²) in [6, 6.07) is 9.49. The second-order valence-electron chi connectivity index (χ2n) is 8.26. The van der Waals surface area contributed by atoms with Crippen LogP contribution in [0.3, 0.4) is 0 Å². The number of anilines is 2. The highest BCUT2D eigenvalue weighted by Gasteiger charge is 2.35. The molecule has 4 rings (SSSR count). The van der Waals surface area contributed by atoms with Crippen LogP contribution in [0.5, 0.6) is 5.75 Å². The number of carbonyl (C=O) groups is 2. The first-order valence-corrected chi connectivity index (χ1v) is 10.8. The fourth-order valence-corrected chi connectivity index (χ4v) is 4.21. The summed E-state index contributed by atoms with van der Waals surface area (Å²) in [7, 11) is 0. The van der Waals surface area contributed by atoms with E-state index in [1.165, 1.54) is 30.0 Å². The minimum atomic E-state index is -0.602. The molecule has 1 atom stereocenters. The molecule has 1 heterocycles. The van der Waals surface area contributed by atoms with Crippen LogP contribution in [0.15, 0.2) is 66.4 Å². The number of fused-ring (bicyclic) bond motifs is 1. The fourth-order valence-electron chi connectivity index (χ4n) is 4.21. The van der Waals surface area contributed by atoms with E-state index in [2.05, 4.69) is 0 Å². The Hall–Kier alpha value is -3.87. The molecule has 0 radical (unpaired) electrons. The van der Waals surface area contributed by atoms with E-state index in [1.54, 1.807) is 11.8 Å². The third-order valence-electron chi connectivity index (χ3n) is 5.81. The number of rotatable bonds is 2. The van der Waals surface area contributed by atoms with Crippen molar-refractivity contribution in [2.45, 2.75) is 33.2 Å². The van der Waals surface area contributed by atoms with Gasteiger partial charge >= 0.3 is 6.09 Å². The molecular formula is C26H26FN3O3. The van der Waals surface area contributed by atoms with Crippen LogP contribution in [0, 0.1) is 12.7 Å². The van der Waals surface area contributed by atoms with Crippen molar-refractivity contribution in [1.82, 2.24) is 0 Å². The molecule has 0 aromatic heterocycles. The van der Waals surface area contributed by atoms with Crippen molar-refractivity contribution in [2.75, 3.05) is 16.3 Å². The van der Waals surface area contributed by atoms with Gasteiger partial charge in [0.05, 0.1) is 17.4 Å². The molecule has 1 aliphatic carbocycles. The zero-order chi connectivity index (χ0) is 23.7. The minimum absolute atomic E-state index is 0.115. The van der Waals surface area contributed by atoms with Gasteiger partial charge in [0.15, 0.2) is 0 Å². The van der Waals surface area contributed by atoms with E-state index in [4.69, 9.17) is 10.5 Å². The van der Waals surface area contributed by atoms with Gasteiger partial charge in [-0.1, -0.05) is 30.4 Å². The number of ether oxygens (including phenoxy) is 1. The number of allylic oxidation sites excluding steroid dienone is 5. The van der Waals surface area contributed by atoms with Gasteiger partial charge in [0.25, 0.3) is 0 Å². The lowest BCUT2D eigenvalue weighted by molar-refractivity contribution is -0.117. The topological polar surface area (TPSA) is 75.9 Å². The molecule has 2 N–H and O–H groups in total. The average molecular weight is 448 g/mol. The summed E-state index contributed by atoms with van der Waals surface area (Å²) < 4.78 is 19.2. The molecule has 2 amide bonds. The van der Waals surface area contributed by atoms with Crippen LogP contribution in [0.25, 0.3) is 5.57 Å². The van der Waals surface area contributed by atoms with Crippen molar-refractivity contribution in [1.29, 1.82) is 0 Å². The lowest BCUT2D eigenvalue weighted by Gasteiger charge is -2.40. The Bertz CT molecular complexity index is 1220. The molecule has 0 unspecified atom stereocenters. The summed E-state index contributed by atoms with van der Waals surface area (Å²) in [5, 5.41) is 0. The van der Waals surface area contributed by atoms with E-state index < -0.39 is 6.09 Å². The van der Waals surface area contributed by atoms with Gasteiger partial charge in [0.1, 0.15) is 11.6 Å². The van der Waals surface area contributed by atoms with Crippen molar-refractivity contribution in [3.63, 3.8) is 0 Å². The average Bonchev–Trinajstić information content (AvgIpc) is 2.99. The van der Waals surface area contributed by atoms with Gasteiger partial charge in [-0.15, -0.1) is 0 Å². The first-order chi connectivity index (χ1) is 15.8. The van der Waals surface area contributed by atoms with Crippen molar-refractivity contribution in [2.24, 2.45) is 5.73 Å². The zero-order valence-corrected chi connectivity index (χ0v) is 18.8. The number of halogens is 1. The summed E-state index contributed by atoms with van der Waals surface area (Å²) in [5.74, 6) is -0.232. The smallest absolute Gasteiger partial charge is 0.410 e. The fraction of sp³-hybridized carbons (Fsp3) is 0.231. The maximum absolute atomic E-state index is 13.6. The molecular weight excluding hydrogens is 421 g/mol. The van der Waals surface area contributed by atoms with Crippen molar-refractivity contribution >= 4 is 28.9 Å². The maximum Gasteiger partial charge on any atom is 0.419 e. The van der Waals surface area contributed by atoms with Gasteiger partial charge in [-0.2, -0.15) is 0 Å². The third kappa shape index (κ3) is 4.39. The Balaban J connectivity index is 1.76. The van der Waals surface area contributed by atoms with Crippen molar-refractivity contribution < 1.29 is 18.7 Å². The maximum atomic E-state index is 13.6. The third-order valence-corrected chi connectivity index (χ3v) is 5.81. The molecule has 33 heavy (non-hydrogen) atoms. The SMILES string of the molecule is CC(=O)N1c2ccc(C3=C(N)CC=CC=C3)cc2N(C(=O)Oc2ccc(F)c(C)c2)C[C@@H]1C. The Morgan fingerprint density at radius 1 is 1.12 bits per heavy atom. The molecule has 170 valence electrons. The van der Waals surface area contributed by atoms with E-state index in [0.29, 0.717) is 29.1 Å². The van der Waals surface area contributed by atoms with Gasteiger partial charge in [0, 0.05) is 31.2 Å². The van der Waals surface area contributed by atoms with Crippen LogP contribution < -0.4 is 20.3 Å². The van der Waals surface area contributed by atoms with E-state index in [1.807, 2.05) is 49.4 Å². The molecule has 0 spiro atoms. The highest BCUT2D eigenvalue weighted by molar-refractivity contribution is 6.03. The summed E-state index contributed by atoms with van der Waals surface area (Å²) in [5.41, 5.74) is 10.2. The number of nitrogens with zero attached hydrogens (tertiary/aromatic N) is 2. The zero-order valence-electron chi connectivity index (χ0n) is 18.8. The minimum Gasteiger partial charge on any atom is -0.410 e. The van der Waals surface area contributed by atoms with Crippen LogP contribution >= 0.6 is 0 Å². The molecule has 2 aromatic carbocycles. The van der Waals surface area contributed by atoms with Crippen LogP contribution in [-0.2, 0) is 4.79 Å². The quantitative estimate of drug-likeness (QED) is 0.697. The molecule has 1 aliphatic heterocycles. The van der Waals surface area contributed by atoms with Gasteiger partial charge in [-0.25, -0.2) is 9.18 Å². The summed E-state index contributed by atoms with van der Waals surface area (Å²) in [4.78, 5) is 28.8. The van der Waals surface area contributed by atoms with E-state index in [-0.39, 0.29) is 30.1 Å². The monoisotopic (exact) mass is 447 g/mol. The van der Waals surface area contributed by atoms with Crippen LogP contribution in [0.4, 0.5) is 20.6 Å². The second kappa shape index (κ2) is 8.94. The van der Waals surface area contributed by atoms with Gasteiger partial charge < -0.3 is 15.4 Å². The number of carbonyl (C=O) groups excluding carboxylic acids is 2. The van der Waals surface area contributed by atoms with Crippen LogP contribution in [-0.4, -0.2) is 24.6 Å². The highest BCUT2D eigenvalue weighted by Crippen LogP contribution is 2.39. The molecule has 0 saturated carbocycles. The Morgan fingerprint density at radius 2 is 1.91 bits per heavy atom. The van der Waals surface area contributed by atoms with Crippen LogP contribution in [0.1, 0.15) is 31.4 Å². The summed E-state index contributed by atoms with van der Waals surface area (Å²) in [6.45, 7) is 5.24. The first kappa shape index (κ1) is 22.3. The van der Waals surface area contributed by atoms with E-state index >= 15 is 0 Å². The number of hydrogen-bond donors (Lipinski definition) is 1. The Morgan fingerprint density at radius 3 is 2.64 bits per heavy atom. The molecule has 0 fully saturated rings. The van der Waals surface area contributed by atoms with Gasteiger partial charge in [-0.05, 0) is 55.3 Å². The van der Waals surface area contributed by atoms with Crippen molar-refractivity contribution in [3.05, 3.63) is 83.3 Å². The van der Waals surface area contributed by atoms with Gasteiger partial charge in [0.2, 0.25) is 5.91 Å². The number of amides is 2. The Labute approximate surface area is 192 Å². The van der Waals surface area contributed by atoms with Crippen LogP contribution in [0.2, 0.25) is 0 Å². The molecule has 2 aliphatic rings. The molecule has 2 aromatic rings. The molecule has 0 saturated heterocycles. The predicted octanol–water partition coefficient (Wildman–Crippen LogP) is 5.08. The molecule has 6 nitrogen and oxygen atoms in total. The summed E-state index contributed by atoms with van der Waals surface area (Å²) in [6.07, 6.45) is 7.78. The summed E-state index contributed by atoms with van der Waals surface area (Å²) >= 11 is 0. The van der Waals surface area contributed by atoms with E-state index in [9.17, 15) is 14.0 Å². The number of hydrogen-bond acceptors (Lipinski definition) is 4. The van der Waals surface area contributed by atoms with Gasteiger partial charge in [-0.3, -0.25) is 9.69 Å². The number of aryl methyl sites for hydroxylation is 1. The lowest BCUT2D eigenvalue weighted by atomic mass is 9.98. The van der Waals surface area contributed by atoms with E-state index in [0.717, 1.165) is 11.1 Å². The number of benzene rings is 2.